The minimum Gasteiger partial charge on any atom is -0.466 e. The predicted molar refractivity (Wildman–Crippen MR) is 111 cm³/mol. The molecule has 2 aliphatic rings. The van der Waals surface area contributed by atoms with Crippen LogP contribution >= 0.6 is 0 Å². The number of fused-ring (bicyclic) bond motifs is 1. The monoisotopic (exact) mass is 440 g/mol. The molecule has 4 rings (SSSR count). The van der Waals surface area contributed by atoms with Crippen LogP contribution in [0.2, 0.25) is 0 Å². The summed E-state index contributed by atoms with van der Waals surface area (Å²) in [5.74, 6) is -1.73. The number of halogens is 1. The summed E-state index contributed by atoms with van der Waals surface area (Å²) in [6.45, 7) is 1.98. The number of rotatable bonds is 6. The zero-order valence-electron chi connectivity index (χ0n) is 17.5. The summed E-state index contributed by atoms with van der Waals surface area (Å²) >= 11 is 0. The number of anilines is 1. The van der Waals surface area contributed by atoms with E-state index in [-0.39, 0.29) is 31.2 Å². The second-order valence-electron chi connectivity index (χ2n) is 7.41. The Balaban J connectivity index is 1.54. The number of nitrogens with one attached hydrogen (secondary N) is 1. The highest BCUT2D eigenvalue weighted by Crippen LogP contribution is 2.36. The third-order valence-corrected chi connectivity index (χ3v) is 5.41. The number of allylic oxidation sites excluding steroid dienone is 1. The largest absolute Gasteiger partial charge is 0.466 e. The first kappa shape index (κ1) is 21.4. The predicted octanol–water partition coefficient (Wildman–Crippen LogP) is 2.99. The molecule has 8 nitrogen and oxygen atoms in total. The standard InChI is InChI=1S/C23H21FN2O6/c1-13-21(23(29)30-2)17(10-20(27)25-16-6-4-15(24)5-7-16)22(28)26(13)11-14-3-8-18-19(9-14)32-12-31-18/h3-9,17H,10-12H2,1-2H3,(H,25,27). The van der Waals surface area contributed by atoms with Crippen LogP contribution in [-0.2, 0) is 25.7 Å². The Kier molecular flexibility index (Phi) is 5.81. The zero-order chi connectivity index (χ0) is 22.8. The van der Waals surface area contributed by atoms with E-state index >= 15 is 0 Å². The summed E-state index contributed by atoms with van der Waals surface area (Å²) in [6, 6.07) is 10.6. The molecule has 1 N–H and O–H groups in total. The maximum absolute atomic E-state index is 13.2. The van der Waals surface area contributed by atoms with Crippen molar-refractivity contribution in [1.82, 2.24) is 4.90 Å². The average Bonchev–Trinajstić information content (AvgIpc) is 3.33. The molecule has 32 heavy (non-hydrogen) atoms. The Bertz CT molecular complexity index is 1110. The first-order chi connectivity index (χ1) is 15.4. The number of nitrogens with zero attached hydrogens (tertiary/aromatic N) is 1. The van der Waals surface area contributed by atoms with Crippen molar-refractivity contribution in [2.45, 2.75) is 19.9 Å². The Morgan fingerprint density at radius 3 is 2.59 bits per heavy atom. The lowest BCUT2D eigenvalue weighted by atomic mass is 9.96. The van der Waals surface area contributed by atoms with Crippen LogP contribution in [0.5, 0.6) is 11.5 Å². The van der Waals surface area contributed by atoms with Crippen LogP contribution in [0.1, 0.15) is 18.9 Å². The van der Waals surface area contributed by atoms with Crippen molar-refractivity contribution in [2.24, 2.45) is 5.92 Å². The van der Waals surface area contributed by atoms with Gasteiger partial charge >= 0.3 is 5.97 Å². The van der Waals surface area contributed by atoms with Crippen molar-refractivity contribution in [3.05, 3.63) is 65.1 Å². The van der Waals surface area contributed by atoms with Gasteiger partial charge in [0, 0.05) is 17.8 Å². The first-order valence-corrected chi connectivity index (χ1v) is 9.91. The molecule has 2 aliphatic heterocycles. The number of methoxy groups -OCH3 is 1. The summed E-state index contributed by atoms with van der Waals surface area (Å²) in [7, 11) is 1.23. The normalized spacial score (nSPS) is 17.0. The maximum Gasteiger partial charge on any atom is 0.336 e. The fraction of sp³-hybridized carbons (Fsp3) is 0.261. The van der Waals surface area contributed by atoms with E-state index in [2.05, 4.69) is 5.32 Å². The molecular weight excluding hydrogens is 419 g/mol. The molecule has 0 aromatic heterocycles. The number of benzene rings is 2. The lowest BCUT2D eigenvalue weighted by molar-refractivity contribution is -0.139. The highest BCUT2D eigenvalue weighted by molar-refractivity contribution is 6.05. The third kappa shape index (κ3) is 4.14. The van der Waals surface area contributed by atoms with Gasteiger partial charge in [-0.25, -0.2) is 9.18 Å². The Morgan fingerprint density at radius 2 is 1.88 bits per heavy atom. The second kappa shape index (κ2) is 8.70. The molecule has 1 unspecified atom stereocenters. The number of ether oxygens (including phenoxy) is 3. The van der Waals surface area contributed by atoms with Gasteiger partial charge in [0.05, 0.1) is 25.1 Å². The van der Waals surface area contributed by atoms with Crippen LogP contribution in [0.15, 0.2) is 53.7 Å². The summed E-state index contributed by atoms with van der Waals surface area (Å²) in [5, 5.41) is 2.62. The molecule has 2 heterocycles. The molecule has 0 fully saturated rings. The summed E-state index contributed by atoms with van der Waals surface area (Å²) in [4.78, 5) is 39.7. The topological polar surface area (TPSA) is 94.2 Å². The molecule has 0 aliphatic carbocycles. The van der Waals surface area contributed by atoms with Crippen LogP contribution in [0.25, 0.3) is 0 Å². The van der Waals surface area contributed by atoms with Crippen molar-refractivity contribution in [3.63, 3.8) is 0 Å². The van der Waals surface area contributed by atoms with Gasteiger partial charge in [-0.2, -0.15) is 0 Å². The van der Waals surface area contributed by atoms with Crippen molar-refractivity contribution >= 4 is 23.5 Å². The summed E-state index contributed by atoms with van der Waals surface area (Å²) in [5.41, 5.74) is 1.74. The van der Waals surface area contributed by atoms with Crippen LogP contribution in [0.3, 0.4) is 0 Å². The highest BCUT2D eigenvalue weighted by atomic mass is 19.1. The van der Waals surface area contributed by atoms with Gasteiger partial charge in [0.25, 0.3) is 0 Å². The van der Waals surface area contributed by atoms with Crippen LogP contribution in [0, 0.1) is 11.7 Å². The highest BCUT2D eigenvalue weighted by Gasteiger charge is 2.42. The van der Waals surface area contributed by atoms with E-state index < -0.39 is 23.6 Å². The number of carbonyl (C=O) groups excluding carboxylic acids is 3. The van der Waals surface area contributed by atoms with E-state index in [9.17, 15) is 18.8 Å². The summed E-state index contributed by atoms with van der Waals surface area (Å²) in [6.07, 6.45) is -0.254. The van der Waals surface area contributed by atoms with E-state index in [1.807, 2.05) is 0 Å². The second-order valence-corrected chi connectivity index (χ2v) is 7.41. The number of hydrogen-bond donors (Lipinski definition) is 1. The van der Waals surface area contributed by atoms with Gasteiger partial charge in [0.15, 0.2) is 11.5 Å². The Hall–Kier alpha value is -3.88. The molecule has 0 spiro atoms. The zero-order valence-corrected chi connectivity index (χ0v) is 17.5. The lowest BCUT2D eigenvalue weighted by Gasteiger charge is -2.19. The molecule has 1 atom stereocenters. The van der Waals surface area contributed by atoms with Gasteiger partial charge in [-0.1, -0.05) is 6.07 Å². The van der Waals surface area contributed by atoms with Crippen molar-refractivity contribution in [3.8, 4) is 11.5 Å². The lowest BCUT2D eigenvalue weighted by Crippen LogP contribution is -2.30. The SMILES string of the molecule is COC(=O)C1=C(C)N(Cc2ccc3c(c2)OCO3)C(=O)C1CC(=O)Nc1ccc(F)cc1. The van der Waals surface area contributed by atoms with Crippen molar-refractivity contribution in [2.75, 3.05) is 19.2 Å². The van der Waals surface area contributed by atoms with Gasteiger partial charge < -0.3 is 24.4 Å². The molecule has 0 saturated heterocycles. The summed E-state index contributed by atoms with van der Waals surface area (Å²) < 4.78 is 28.6. The van der Waals surface area contributed by atoms with Crippen molar-refractivity contribution in [1.29, 1.82) is 0 Å². The van der Waals surface area contributed by atoms with Gasteiger partial charge in [0.1, 0.15) is 5.82 Å². The Morgan fingerprint density at radius 1 is 1.16 bits per heavy atom. The van der Waals surface area contributed by atoms with Gasteiger partial charge in [-0.15, -0.1) is 0 Å². The number of esters is 1. The first-order valence-electron chi connectivity index (χ1n) is 9.91. The van der Waals surface area contributed by atoms with E-state index in [4.69, 9.17) is 14.2 Å². The van der Waals surface area contributed by atoms with E-state index in [1.54, 1.807) is 25.1 Å². The van der Waals surface area contributed by atoms with Gasteiger partial charge in [0.2, 0.25) is 18.6 Å². The number of amides is 2. The molecule has 2 aromatic carbocycles. The number of carbonyl (C=O) groups is 3. The molecule has 2 aromatic rings. The fourth-order valence-electron chi connectivity index (χ4n) is 3.81. The minimum atomic E-state index is -0.989. The smallest absolute Gasteiger partial charge is 0.336 e. The Labute approximate surface area is 183 Å². The van der Waals surface area contributed by atoms with Crippen LogP contribution < -0.4 is 14.8 Å². The maximum atomic E-state index is 13.2. The quantitative estimate of drug-likeness (QED) is 0.694. The molecule has 0 radical (unpaired) electrons. The van der Waals surface area contributed by atoms with Crippen LogP contribution in [-0.4, -0.2) is 36.6 Å². The molecule has 0 saturated carbocycles. The van der Waals surface area contributed by atoms with E-state index in [0.29, 0.717) is 22.9 Å². The van der Waals surface area contributed by atoms with Crippen molar-refractivity contribution < 1.29 is 33.0 Å². The van der Waals surface area contributed by atoms with Crippen LogP contribution in [0.4, 0.5) is 10.1 Å². The minimum absolute atomic E-state index is 0.137. The molecule has 9 heteroatoms. The average molecular weight is 440 g/mol. The fourth-order valence-corrected chi connectivity index (χ4v) is 3.81. The van der Waals surface area contributed by atoms with Gasteiger partial charge in [-0.3, -0.25) is 9.59 Å². The third-order valence-electron chi connectivity index (χ3n) is 5.41. The number of hydrogen-bond acceptors (Lipinski definition) is 6. The van der Waals surface area contributed by atoms with Gasteiger partial charge in [-0.05, 0) is 48.9 Å². The van der Waals surface area contributed by atoms with E-state index in [0.717, 1.165) is 5.56 Å². The van der Waals surface area contributed by atoms with E-state index in [1.165, 1.54) is 36.3 Å². The molecule has 166 valence electrons. The molecule has 0 bridgehead atoms. The molecule has 2 amide bonds. The molecular formula is C23H21FN2O6.